The largest absolute Gasteiger partial charge is 0.494 e. The second-order valence-corrected chi connectivity index (χ2v) is 8.13. The van der Waals surface area contributed by atoms with Crippen LogP contribution in [0.2, 0.25) is 0 Å². The third-order valence-electron chi connectivity index (χ3n) is 5.54. The Morgan fingerprint density at radius 1 is 0.912 bits per heavy atom. The second kappa shape index (κ2) is 9.62. The van der Waals surface area contributed by atoms with Crippen molar-refractivity contribution < 1.29 is 14.7 Å². The molecule has 0 spiro atoms. The molecule has 4 rings (SSSR count). The zero-order chi connectivity index (χ0) is 24.2. The number of H-pyrrole nitrogens is 1. The fourth-order valence-electron chi connectivity index (χ4n) is 3.73. The fourth-order valence-corrected chi connectivity index (χ4v) is 3.73. The molecule has 2 amide bonds. The zero-order valence-electron chi connectivity index (χ0n) is 19.3. The number of aromatic hydroxyl groups is 1. The van der Waals surface area contributed by atoms with E-state index in [1.807, 2.05) is 54.6 Å². The number of carbonyl (C=O) groups is 2. The van der Waals surface area contributed by atoms with Crippen LogP contribution in [0.5, 0.6) is 5.88 Å². The Balaban J connectivity index is 1.76. The van der Waals surface area contributed by atoms with E-state index in [9.17, 15) is 14.7 Å². The van der Waals surface area contributed by atoms with Crippen molar-refractivity contribution in [2.24, 2.45) is 4.99 Å². The van der Waals surface area contributed by atoms with Crippen LogP contribution in [-0.4, -0.2) is 53.2 Å². The Labute approximate surface area is 198 Å². The molecular weight excluding hydrogens is 428 g/mol. The standard InChI is InChI=1S/C27H26N4O3/c1-18(32)31(17-24(33)30(2)3)21-15-13-20(14-16-21)28-26(19-9-5-4-6-10-19)25-22-11-7-8-12-23(22)29-27(25)34/h4-16,29,34H,17H2,1-3H3. The topological polar surface area (TPSA) is 89.0 Å². The van der Waals surface area contributed by atoms with Crippen molar-refractivity contribution in [1.82, 2.24) is 9.88 Å². The molecule has 0 unspecified atom stereocenters. The van der Waals surface area contributed by atoms with Gasteiger partial charge in [-0.25, -0.2) is 4.99 Å². The number of carbonyl (C=O) groups excluding carboxylic acids is 2. The minimum atomic E-state index is -0.222. The van der Waals surface area contributed by atoms with E-state index in [1.165, 1.54) is 16.7 Å². The van der Waals surface area contributed by atoms with Gasteiger partial charge in [0.25, 0.3) is 0 Å². The monoisotopic (exact) mass is 454 g/mol. The lowest BCUT2D eigenvalue weighted by Gasteiger charge is -2.22. The quantitative estimate of drug-likeness (QED) is 0.421. The van der Waals surface area contributed by atoms with Crippen molar-refractivity contribution in [2.75, 3.05) is 25.5 Å². The summed E-state index contributed by atoms with van der Waals surface area (Å²) < 4.78 is 0. The molecule has 0 aliphatic heterocycles. The second-order valence-electron chi connectivity index (χ2n) is 8.13. The van der Waals surface area contributed by atoms with Gasteiger partial charge >= 0.3 is 0 Å². The van der Waals surface area contributed by atoms with E-state index in [-0.39, 0.29) is 24.2 Å². The molecule has 0 bridgehead atoms. The third-order valence-corrected chi connectivity index (χ3v) is 5.54. The smallest absolute Gasteiger partial charge is 0.242 e. The lowest BCUT2D eigenvalue weighted by molar-refractivity contribution is -0.129. The van der Waals surface area contributed by atoms with Crippen LogP contribution >= 0.6 is 0 Å². The number of aliphatic imine (C=N–C) groups is 1. The number of likely N-dealkylation sites (N-methyl/N-ethyl adjacent to an activating group) is 1. The van der Waals surface area contributed by atoms with Gasteiger partial charge in [0.1, 0.15) is 6.54 Å². The molecule has 0 saturated heterocycles. The van der Waals surface area contributed by atoms with Gasteiger partial charge in [-0.15, -0.1) is 0 Å². The number of nitrogens with zero attached hydrogens (tertiary/aromatic N) is 3. The number of hydrogen-bond acceptors (Lipinski definition) is 4. The van der Waals surface area contributed by atoms with Crippen LogP contribution in [0.3, 0.4) is 0 Å². The van der Waals surface area contributed by atoms with Crippen LogP contribution in [0.1, 0.15) is 18.1 Å². The number of para-hydroxylation sites is 1. The number of anilines is 1. The lowest BCUT2D eigenvalue weighted by atomic mass is 10.0. The van der Waals surface area contributed by atoms with E-state index in [1.54, 1.807) is 38.4 Å². The van der Waals surface area contributed by atoms with Crippen molar-refractivity contribution in [2.45, 2.75) is 6.92 Å². The van der Waals surface area contributed by atoms with Gasteiger partial charge in [0.05, 0.1) is 17.0 Å². The van der Waals surface area contributed by atoms with Crippen LogP contribution in [0.4, 0.5) is 11.4 Å². The van der Waals surface area contributed by atoms with Crippen LogP contribution < -0.4 is 4.90 Å². The average molecular weight is 455 g/mol. The Bertz CT molecular complexity index is 1360. The number of fused-ring (bicyclic) bond motifs is 1. The summed E-state index contributed by atoms with van der Waals surface area (Å²) in [5, 5.41) is 11.6. The summed E-state index contributed by atoms with van der Waals surface area (Å²) in [6.45, 7) is 1.39. The van der Waals surface area contributed by atoms with Gasteiger partial charge < -0.3 is 19.9 Å². The van der Waals surface area contributed by atoms with Crippen molar-refractivity contribution in [3.05, 3.63) is 90.0 Å². The van der Waals surface area contributed by atoms with Gasteiger partial charge in [0.15, 0.2) is 5.88 Å². The molecule has 34 heavy (non-hydrogen) atoms. The number of rotatable bonds is 6. The SMILES string of the molecule is CC(=O)N(CC(=O)N(C)C)c1ccc(N=C(c2ccccc2)c2c(O)[nH]c3ccccc23)cc1. The molecule has 7 nitrogen and oxygen atoms in total. The third kappa shape index (κ3) is 4.68. The molecular formula is C27H26N4O3. The molecule has 0 aliphatic carbocycles. The van der Waals surface area contributed by atoms with E-state index in [4.69, 9.17) is 4.99 Å². The number of amides is 2. The highest BCUT2D eigenvalue weighted by molar-refractivity contribution is 6.21. The summed E-state index contributed by atoms with van der Waals surface area (Å²) in [6, 6.07) is 24.4. The van der Waals surface area contributed by atoms with Crippen molar-refractivity contribution in [1.29, 1.82) is 0 Å². The maximum Gasteiger partial charge on any atom is 0.242 e. The van der Waals surface area contributed by atoms with Crippen LogP contribution in [-0.2, 0) is 9.59 Å². The highest BCUT2D eigenvalue weighted by Crippen LogP contribution is 2.31. The van der Waals surface area contributed by atoms with Crippen LogP contribution in [0.25, 0.3) is 10.9 Å². The van der Waals surface area contributed by atoms with E-state index in [0.29, 0.717) is 22.6 Å². The molecule has 4 aromatic rings. The molecule has 0 atom stereocenters. The molecule has 0 saturated carbocycles. The lowest BCUT2D eigenvalue weighted by Crippen LogP contribution is -2.39. The summed E-state index contributed by atoms with van der Waals surface area (Å²) in [6.07, 6.45) is 0. The predicted octanol–water partition coefficient (Wildman–Crippen LogP) is 4.48. The molecule has 0 fully saturated rings. The summed E-state index contributed by atoms with van der Waals surface area (Å²) in [5.74, 6) is -0.344. The van der Waals surface area contributed by atoms with E-state index >= 15 is 0 Å². The number of aromatic amines is 1. The first-order valence-corrected chi connectivity index (χ1v) is 10.9. The number of nitrogens with one attached hydrogen (secondary N) is 1. The minimum absolute atomic E-state index is 0.0383. The molecule has 1 aromatic heterocycles. The average Bonchev–Trinajstić information content (AvgIpc) is 3.17. The predicted molar refractivity (Wildman–Crippen MR) is 135 cm³/mol. The Morgan fingerprint density at radius 2 is 1.56 bits per heavy atom. The molecule has 3 aromatic carbocycles. The van der Waals surface area contributed by atoms with Gasteiger partial charge in [-0.05, 0) is 30.3 Å². The van der Waals surface area contributed by atoms with Crippen molar-refractivity contribution >= 4 is 39.8 Å². The normalized spacial score (nSPS) is 11.4. The van der Waals surface area contributed by atoms with Crippen molar-refractivity contribution in [3.63, 3.8) is 0 Å². The van der Waals surface area contributed by atoms with E-state index in [0.717, 1.165) is 16.5 Å². The molecule has 172 valence electrons. The van der Waals surface area contributed by atoms with Crippen LogP contribution in [0, 0.1) is 0 Å². The molecule has 1 heterocycles. The zero-order valence-corrected chi connectivity index (χ0v) is 19.3. The maximum absolute atomic E-state index is 12.2. The maximum atomic E-state index is 12.2. The van der Waals surface area contributed by atoms with E-state index in [2.05, 4.69) is 4.98 Å². The summed E-state index contributed by atoms with van der Waals surface area (Å²) in [7, 11) is 3.31. The first kappa shape index (κ1) is 22.8. The highest BCUT2D eigenvalue weighted by atomic mass is 16.3. The Morgan fingerprint density at radius 3 is 2.21 bits per heavy atom. The summed E-state index contributed by atoms with van der Waals surface area (Å²) in [5.41, 5.74) is 4.17. The number of benzene rings is 3. The van der Waals surface area contributed by atoms with Gasteiger partial charge in [-0.1, -0.05) is 48.5 Å². The molecule has 0 aliphatic rings. The van der Waals surface area contributed by atoms with Crippen molar-refractivity contribution in [3.8, 4) is 5.88 Å². The minimum Gasteiger partial charge on any atom is -0.494 e. The highest BCUT2D eigenvalue weighted by Gasteiger charge is 2.19. The summed E-state index contributed by atoms with van der Waals surface area (Å²) >= 11 is 0. The fraction of sp³-hybridized carbons (Fsp3) is 0.148. The van der Waals surface area contributed by atoms with Gasteiger partial charge in [0, 0.05) is 43.2 Å². The van der Waals surface area contributed by atoms with Gasteiger partial charge in [-0.2, -0.15) is 0 Å². The molecule has 2 N–H and O–H groups in total. The van der Waals surface area contributed by atoms with Gasteiger partial charge in [0.2, 0.25) is 11.8 Å². The summed E-state index contributed by atoms with van der Waals surface area (Å²) in [4.78, 5) is 35.1. The first-order valence-electron chi connectivity index (χ1n) is 10.9. The molecule has 7 heteroatoms. The number of hydrogen-bond donors (Lipinski definition) is 2. The van der Waals surface area contributed by atoms with E-state index < -0.39 is 0 Å². The Hall–Kier alpha value is -4.39. The Kier molecular flexibility index (Phi) is 6.45. The van der Waals surface area contributed by atoms with Crippen LogP contribution in [0.15, 0.2) is 83.9 Å². The first-order chi connectivity index (χ1) is 16.3. The number of aromatic nitrogens is 1. The molecule has 0 radical (unpaired) electrons. The van der Waals surface area contributed by atoms with Gasteiger partial charge in [-0.3, -0.25) is 9.59 Å².